The summed E-state index contributed by atoms with van der Waals surface area (Å²) < 4.78 is 27.1. The van der Waals surface area contributed by atoms with E-state index in [9.17, 15) is 13.2 Å². The highest BCUT2D eigenvalue weighted by atomic mass is 35.5. The Kier molecular flexibility index (Phi) is 8.73. The molecule has 2 rings (SSSR count). The molecule has 0 saturated heterocycles. The monoisotopic (exact) mass is 417 g/mol. The van der Waals surface area contributed by atoms with E-state index in [4.69, 9.17) is 5.73 Å². The molecule has 0 radical (unpaired) electrons. The van der Waals surface area contributed by atoms with Gasteiger partial charge in [-0.25, -0.2) is 8.42 Å². The lowest BCUT2D eigenvalue weighted by Gasteiger charge is -2.22. The Balaban J connectivity index is 0.00000364. The molecule has 1 aromatic rings. The molecule has 8 heteroatoms. The van der Waals surface area contributed by atoms with Gasteiger partial charge in [0, 0.05) is 24.7 Å². The highest BCUT2D eigenvalue weighted by Crippen LogP contribution is 2.33. The van der Waals surface area contributed by atoms with Gasteiger partial charge in [-0.05, 0) is 62.4 Å². The molecule has 1 amide bonds. The number of hydrogen-bond acceptors (Lipinski definition) is 4. The summed E-state index contributed by atoms with van der Waals surface area (Å²) in [6, 6.07) is 3.26. The fourth-order valence-electron chi connectivity index (χ4n) is 3.71. The van der Waals surface area contributed by atoms with Crippen molar-refractivity contribution < 1.29 is 13.2 Å². The van der Waals surface area contributed by atoms with Crippen LogP contribution < -0.4 is 11.1 Å². The number of hydrogen-bond donors (Lipinski definition) is 2. The number of nitrogens with zero attached hydrogens (tertiary/aromatic N) is 1. The number of benzene rings is 1. The van der Waals surface area contributed by atoms with Gasteiger partial charge in [0.15, 0.2) is 0 Å². The molecule has 0 heterocycles. The fourth-order valence-corrected chi connectivity index (χ4v) is 5.28. The van der Waals surface area contributed by atoms with Crippen molar-refractivity contribution in [2.75, 3.05) is 25.0 Å². The first kappa shape index (κ1) is 23.9. The molecule has 1 saturated carbocycles. The number of carbonyl (C=O) groups excluding carboxylic acids is 1. The Bertz CT molecular complexity index is 764. The van der Waals surface area contributed by atoms with E-state index in [-0.39, 0.29) is 35.0 Å². The van der Waals surface area contributed by atoms with Crippen molar-refractivity contribution in [3.05, 3.63) is 23.3 Å². The van der Waals surface area contributed by atoms with Gasteiger partial charge < -0.3 is 11.1 Å². The van der Waals surface area contributed by atoms with Gasteiger partial charge in [0.1, 0.15) is 0 Å². The summed E-state index contributed by atoms with van der Waals surface area (Å²) in [5, 5.41) is 2.97. The largest absolute Gasteiger partial charge is 0.330 e. The average molecular weight is 418 g/mol. The summed E-state index contributed by atoms with van der Waals surface area (Å²) in [6.45, 7) is 8.72. The molecule has 0 unspecified atom stereocenters. The van der Waals surface area contributed by atoms with Crippen LogP contribution >= 0.6 is 12.4 Å². The minimum absolute atomic E-state index is 0. The topological polar surface area (TPSA) is 92.5 Å². The summed E-state index contributed by atoms with van der Waals surface area (Å²) in [5.74, 6) is 0.0552. The van der Waals surface area contributed by atoms with Gasteiger partial charge in [0.05, 0.1) is 4.90 Å². The Hall–Kier alpha value is -1.15. The van der Waals surface area contributed by atoms with Gasteiger partial charge in [-0.1, -0.05) is 20.3 Å². The van der Waals surface area contributed by atoms with Crippen LogP contribution in [-0.2, 0) is 14.8 Å². The lowest BCUT2D eigenvalue weighted by molar-refractivity contribution is -0.120. The van der Waals surface area contributed by atoms with Gasteiger partial charge in [-0.2, -0.15) is 4.31 Å². The number of nitrogens with two attached hydrogens (primary N) is 1. The van der Waals surface area contributed by atoms with E-state index in [0.29, 0.717) is 25.3 Å². The number of carbonyl (C=O) groups is 1. The second kappa shape index (κ2) is 9.87. The summed E-state index contributed by atoms with van der Waals surface area (Å²) in [5.41, 5.74) is 8.09. The maximum Gasteiger partial charge on any atom is 0.243 e. The van der Waals surface area contributed by atoms with E-state index in [1.54, 1.807) is 12.1 Å². The predicted molar refractivity (Wildman–Crippen MR) is 112 cm³/mol. The summed E-state index contributed by atoms with van der Waals surface area (Å²) in [6.07, 6.45) is 2.82. The van der Waals surface area contributed by atoms with Crippen LogP contribution in [0.1, 0.15) is 44.2 Å². The van der Waals surface area contributed by atoms with E-state index >= 15 is 0 Å². The molecular formula is C19H32ClN3O3S. The molecular weight excluding hydrogens is 386 g/mol. The first-order chi connectivity index (χ1) is 12.3. The lowest BCUT2D eigenvalue weighted by atomic mass is 9.95. The third-order valence-electron chi connectivity index (χ3n) is 5.54. The quantitative estimate of drug-likeness (QED) is 0.712. The summed E-state index contributed by atoms with van der Waals surface area (Å²) in [4.78, 5) is 13.0. The first-order valence-corrected chi connectivity index (χ1v) is 10.8. The van der Waals surface area contributed by atoms with Crippen LogP contribution in [0.25, 0.3) is 0 Å². The van der Waals surface area contributed by atoms with E-state index in [2.05, 4.69) is 5.32 Å². The zero-order valence-corrected chi connectivity index (χ0v) is 18.3. The van der Waals surface area contributed by atoms with Gasteiger partial charge in [-0.3, -0.25) is 4.79 Å². The molecule has 3 N–H and O–H groups in total. The van der Waals surface area contributed by atoms with Gasteiger partial charge in [0.25, 0.3) is 0 Å². The number of amides is 1. The van der Waals surface area contributed by atoms with Crippen molar-refractivity contribution in [2.45, 2.75) is 51.9 Å². The smallest absolute Gasteiger partial charge is 0.243 e. The zero-order chi connectivity index (χ0) is 19.5. The van der Waals surface area contributed by atoms with Crippen LogP contribution in [-0.4, -0.2) is 38.3 Å². The van der Waals surface area contributed by atoms with Gasteiger partial charge in [0.2, 0.25) is 15.9 Å². The molecule has 0 aromatic heterocycles. The molecule has 2 atom stereocenters. The summed E-state index contributed by atoms with van der Waals surface area (Å²) >= 11 is 0. The molecule has 0 spiro atoms. The van der Waals surface area contributed by atoms with Crippen molar-refractivity contribution in [3.8, 4) is 0 Å². The molecule has 27 heavy (non-hydrogen) atoms. The Morgan fingerprint density at radius 2 is 1.85 bits per heavy atom. The predicted octanol–water partition coefficient (Wildman–Crippen LogP) is 3.07. The Morgan fingerprint density at radius 3 is 2.41 bits per heavy atom. The first-order valence-electron chi connectivity index (χ1n) is 9.38. The second-order valence-electron chi connectivity index (χ2n) is 7.02. The van der Waals surface area contributed by atoms with E-state index in [0.717, 1.165) is 30.4 Å². The Labute approximate surface area is 169 Å². The van der Waals surface area contributed by atoms with Crippen molar-refractivity contribution in [3.63, 3.8) is 0 Å². The maximum absolute atomic E-state index is 12.8. The molecule has 1 fully saturated rings. The fraction of sp³-hybridized carbons (Fsp3) is 0.632. The van der Waals surface area contributed by atoms with E-state index < -0.39 is 10.0 Å². The van der Waals surface area contributed by atoms with Crippen LogP contribution in [0.15, 0.2) is 17.0 Å². The maximum atomic E-state index is 12.8. The summed E-state index contributed by atoms with van der Waals surface area (Å²) in [7, 11) is -3.57. The SMILES string of the molecule is CCN(CC)S(=O)(=O)c1cc(C)c(C)c(NC(=O)[C@@H]2CCC[C@@H]2CN)c1.Cl. The van der Waals surface area contributed by atoms with Crippen molar-refractivity contribution >= 4 is 34.0 Å². The molecule has 0 bridgehead atoms. The van der Waals surface area contributed by atoms with Crippen LogP contribution in [0.3, 0.4) is 0 Å². The van der Waals surface area contributed by atoms with Crippen LogP contribution in [0.4, 0.5) is 5.69 Å². The van der Waals surface area contributed by atoms with Crippen molar-refractivity contribution in [2.24, 2.45) is 17.6 Å². The highest BCUT2D eigenvalue weighted by Gasteiger charge is 2.32. The number of aryl methyl sites for hydroxylation is 1. The zero-order valence-electron chi connectivity index (χ0n) is 16.6. The normalized spacial score (nSPS) is 19.8. The number of nitrogens with one attached hydrogen (secondary N) is 1. The number of anilines is 1. The van der Waals surface area contributed by atoms with Crippen LogP contribution in [0.5, 0.6) is 0 Å². The second-order valence-corrected chi connectivity index (χ2v) is 8.96. The molecule has 1 aromatic carbocycles. The van der Waals surface area contributed by atoms with Crippen LogP contribution in [0.2, 0.25) is 0 Å². The number of halogens is 1. The third kappa shape index (κ3) is 5.02. The molecule has 1 aliphatic rings. The van der Waals surface area contributed by atoms with E-state index in [1.807, 2.05) is 27.7 Å². The molecule has 6 nitrogen and oxygen atoms in total. The van der Waals surface area contributed by atoms with Crippen molar-refractivity contribution in [1.82, 2.24) is 4.31 Å². The van der Waals surface area contributed by atoms with Gasteiger partial charge >= 0.3 is 0 Å². The molecule has 0 aliphatic heterocycles. The average Bonchev–Trinajstić information content (AvgIpc) is 3.08. The lowest BCUT2D eigenvalue weighted by Crippen LogP contribution is -2.31. The Morgan fingerprint density at radius 1 is 1.22 bits per heavy atom. The number of sulfonamides is 1. The molecule has 154 valence electrons. The highest BCUT2D eigenvalue weighted by molar-refractivity contribution is 7.89. The van der Waals surface area contributed by atoms with E-state index in [1.165, 1.54) is 4.31 Å². The third-order valence-corrected chi connectivity index (χ3v) is 7.57. The minimum atomic E-state index is -3.57. The van der Waals surface area contributed by atoms with Crippen molar-refractivity contribution in [1.29, 1.82) is 0 Å². The van der Waals surface area contributed by atoms with Crippen LogP contribution in [0, 0.1) is 25.7 Å². The standard InChI is InChI=1S/C19H31N3O3S.ClH/c1-5-22(6-2)26(24,25)16-10-13(3)14(4)18(11-16)21-19(23)17-9-7-8-15(17)12-20;/h10-11,15,17H,5-9,12,20H2,1-4H3,(H,21,23);1H/t15-,17-;/m1./s1. The van der Waals surface area contributed by atoms with Gasteiger partial charge in [-0.15, -0.1) is 12.4 Å². The molecule has 1 aliphatic carbocycles. The number of rotatable bonds is 7. The minimum Gasteiger partial charge on any atom is -0.330 e.